The second kappa shape index (κ2) is 9.11. The smallest absolute Gasteiger partial charge is 0.243 e. The summed E-state index contributed by atoms with van der Waals surface area (Å²) in [5.74, 6) is 0.431. The highest BCUT2D eigenvalue weighted by atomic mass is 32.2. The highest BCUT2D eigenvalue weighted by molar-refractivity contribution is 8.15. The minimum absolute atomic E-state index is 0.0573. The van der Waals surface area contributed by atoms with Gasteiger partial charge in [-0.3, -0.25) is 19.3 Å². The third-order valence-corrected chi connectivity index (χ3v) is 6.96. The van der Waals surface area contributed by atoms with Crippen LogP contribution >= 0.6 is 23.5 Å². The van der Waals surface area contributed by atoms with E-state index in [1.54, 1.807) is 18.2 Å². The highest BCUT2D eigenvalue weighted by Gasteiger charge is 2.40. The molecule has 0 bridgehead atoms. The van der Waals surface area contributed by atoms with E-state index in [1.807, 2.05) is 26.0 Å². The molecule has 2 aromatic rings. The van der Waals surface area contributed by atoms with Gasteiger partial charge < -0.3 is 9.73 Å². The Labute approximate surface area is 187 Å². The molecule has 1 N–H and O–H groups in total. The number of hydrogen-bond acceptors (Lipinski definition) is 8. The van der Waals surface area contributed by atoms with E-state index in [9.17, 15) is 14.4 Å². The Morgan fingerprint density at radius 1 is 1.23 bits per heavy atom. The van der Waals surface area contributed by atoms with Crippen LogP contribution in [-0.2, 0) is 16.1 Å². The lowest BCUT2D eigenvalue weighted by Crippen LogP contribution is -2.32. The van der Waals surface area contributed by atoms with Crippen LogP contribution in [0.1, 0.15) is 33.7 Å². The van der Waals surface area contributed by atoms with Crippen molar-refractivity contribution in [1.82, 2.24) is 10.2 Å². The van der Waals surface area contributed by atoms with Crippen LogP contribution < -0.4 is 5.32 Å². The first kappa shape index (κ1) is 21.4. The molecular formula is C21H20N4O4S2. The van der Waals surface area contributed by atoms with Crippen LogP contribution in [0.5, 0.6) is 0 Å². The molecule has 2 amide bonds. The minimum Gasteiger partial charge on any atom is -0.467 e. The van der Waals surface area contributed by atoms with Gasteiger partial charge >= 0.3 is 0 Å². The molecule has 8 nitrogen and oxygen atoms in total. The van der Waals surface area contributed by atoms with Crippen LogP contribution in [0, 0.1) is 13.8 Å². The fourth-order valence-electron chi connectivity index (χ4n) is 3.09. The van der Waals surface area contributed by atoms with Gasteiger partial charge in [0.15, 0.2) is 16.1 Å². The maximum Gasteiger partial charge on any atom is 0.243 e. The predicted octanol–water partition coefficient (Wildman–Crippen LogP) is 3.10. The molecule has 1 aromatic heterocycles. The second-order valence-electron chi connectivity index (χ2n) is 7.16. The molecule has 31 heavy (non-hydrogen) atoms. The van der Waals surface area contributed by atoms with Gasteiger partial charge in [0, 0.05) is 12.0 Å². The summed E-state index contributed by atoms with van der Waals surface area (Å²) in [6.45, 7) is 4.13. The van der Waals surface area contributed by atoms with Crippen molar-refractivity contribution in [3.8, 4) is 0 Å². The number of amidine groups is 2. The van der Waals surface area contributed by atoms with Gasteiger partial charge in [-0.15, -0.1) is 10.2 Å². The number of nitrogens with one attached hydrogen (secondary N) is 1. The van der Waals surface area contributed by atoms with Crippen LogP contribution in [0.2, 0.25) is 0 Å². The zero-order chi connectivity index (χ0) is 22.0. The lowest BCUT2D eigenvalue weighted by atomic mass is 10.0. The Morgan fingerprint density at radius 2 is 2.06 bits per heavy atom. The fourth-order valence-corrected chi connectivity index (χ4v) is 4.80. The standard InChI is InChI=1S/C21H20N4O4S2/c1-12-5-6-14(8-13(12)2)16(26)9-17-19(28)25(10-15-4-3-7-29-15)21(31-17)24-23-20-22-18(27)11-30-20/h3-8,17H,9-11H2,1-2H3,(H,22,23,27)/b24-21-/t17-/m1/s1. The molecule has 10 heteroatoms. The lowest BCUT2D eigenvalue weighted by molar-refractivity contribution is -0.126. The number of carbonyl (C=O) groups excluding carboxylic acids is 3. The molecule has 4 rings (SSSR count). The van der Waals surface area contributed by atoms with Crippen molar-refractivity contribution in [2.45, 2.75) is 32.1 Å². The van der Waals surface area contributed by atoms with Gasteiger partial charge in [-0.1, -0.05) is 35.7 Å². The van der Waals surface area contributed by atoms with Crippen molar-refractivity contribution in [3.05, 3.63) is 59.0 Å². The number of hydrogen-bond donors (Lipinski definition) is 1. The number of Topliss-reactive ketones (excluding diaryl/α,β-unsaturated/α-hetero) is 1. The molecule has 0 radical (unpaired) electrons. The third-order valence-electron chi connectivity index (χ3n) is 4.93. The Balaban J connectivity index is 1.54. The van der Waals surface area contributed by atoms with Crippen molar-refractivity contribution >= 4 is 51.5 Å². The minimum atomic E-state index is -0.603. The SMILES string of the molecule is Cc1ccc(C(=O)C[C@H]2S/C(=N\N=C3NC(=O)CS3)N(Cc3ccco3)C2=O)cc1C. The topological polar surface area (TPSA) is 104 Å². The van der Waals surface area contributed by atoms with Gasteiger partial charge in [-0.2, -0.15) is 0 Å². The van der Waals surface area contributed by atoms with Gasteiger partial charge in [0.25, 0.3) is 0 Å². The fraction of sp³-hybridized carbons (Fsp3) is 0.286. The first-order valence-corrected chi connectivity index (χ1v) is 11.5. The van der Waals surface area contributed by atoms with Crippen LogP contribution in [0.4, 0.5) is 0 Å². The largest absolute Gasteiger partial charge is 0.467 e. The highest BCUT2D eigenvalue weighted by Crippen LogP contribution is 2.32. The number of amides is 2. The van der Waals surface area contributed by atoms with E-state index in [-0.39, 0.29) is 30.6 Å². The summed E-state index contributed by atoms with van der Waals surface area (Å²) in [5, 5.41) is 11.0. The Morgan fingerprint density at radius 3 is 2.74 bits per heavy atom. The van der Waals surface area contributed by atoms with E-state index < -0.39 is 5.25 Å². The van der Waals surface area contributed by atoms with Crippen LogP contribution in [0.25, 0.3) is 0 Å². The molecule has 2 saturated heterocycles. The molecule has 3 heterocycles. The number of nitrogens with zero attached hydrogens (tertiary/aromatic N) is 3. The molecule has 0 saturated carbocycles. The maximum atomic E-state index is 13.1. The number of thioether (sulfide) groups is 2. The Bertz CT molecular complexity index is 1090. The summed E-state index contributed by atoms with van der Waals surface area (Å²) < 4.78 is 5.37. The molecule has 2 aliphatic heterocycles. The van der Waals surface area contributed by atoms with Crippen molar-refractivity contribution in [2.75, 3.05) is 5.75 Å². The summed E-state index contributed by atoms with van der Waals surface area (Å²) in [6, 6.07) is 9.05. The van der Waals surface area contributed by atoms with Gasteiger partial charge in [0.1, 0.15) is 5.76 Å². The van der Waals surface area contributed by atoms with Gasteiger partial charge in [-0.05, 0) is 43.2 Å². The average Bonchev–Trinajstić information content (AvgIpc) is 3.47. The second-order valence-corrected chi connectivity index (χ2v) is 9.30. The molecule has 1 aromatic carbocycles. The Kier molecular flexibility index (Phi) is 6.28. The summed E-state index contributed by atoms with van der Waals surface area (Å²) in [4.78, 5) is 38.7. The number of aryl methyl sites for hydroxylation is 2. The number of carbonyl (C=O) groups is 3. The average molecular weight is 457 g/mol. The van der Waals surface area contributed by atoms with Gasteiger partial charge in [-0.25, -0.2) is 0 Å². The number of ketones is 1. The van der Waals surface area contributed by atoms with E-state index in [4.69, 9.17) is 4.42 Å². The first-order valence-electron chi connectivity index (χ1n) is 9.60. The van der Waals surface area contributed by atoms with Crippen molar-refractivity contribution in [1.29, 1.82) is 0 Å². The van der Waals surface area contributed by atoms with Crippen LogP contribution in [0.15, 0.2) is 51.2 Å². The van der Waals surface area contributed by atoms with E-state index in [0.29, 0.717) is 27.4 Å². The van der Waals surface area contributed by atoms with Gasteiger partial charge in [0.2, 0.25) is 11.8 Å². The molecule has 0 unspecified atom stereocenters. The quantitative estimate of drug-likeness (QED) is 0.529. The van der Waals surface area contributed by atoms with Crippen LogP contribution in [0.3, 0.4) is 0 Å². The Hall–Kier alpha value is -2.85. The van der Waals surface area contributed by atoms with E-state index in [0.717, 1.165) is 11.1 Å². The monoisotopic (exact) mass is 456 g/mol. The summed E-state index contributed by atoms with van der Waals surface area (Å²) >= 11 is 2.45. The predicted molar refractivity (Wildman–Crippen MR) is 121 cm³/mol. The molecule has 0 spiro atoms. The van der Waals surface area contributed by atoms with Crippen molar-refractivity contribution < 1.29 is 18.8 Å². The zero-order valence-electron chi connectivity index (χ0n) is 17.0. The molecule has 2 fully saturated rings. The third kappa shape index (κ3) is 4.91. The zero-order valence-corrected chi connectivity index (χ0v) is 18.6. The molecule has 2 aliphatic rings. The molecular weight excluding hydrogens is 436 g/mol. The number of benzene rings is 1. The first-order chi connectivity index (χ1) is 14.9. The van der Waals surface area contributed by atoms with Crippen molar-refractivity contribution in [2.24, 2.45) is 10.2 Å². The molecule has 0 aliphatic carbocycles. The van der Waals surface area contributed by atoms with Crippen molar-refractivity contribution in [3.63, 3.8) is 0 Å². The summed E-state index contributed by atoms with van der Waals surface area (Å²) in [7, 11) is 0. The lowest BCUT2D eigenvalue weighted by Gasteiger charge is -2.14. The normalized spacial score (nSPS) is 21.4. The van der Waals surface area contributed by atoms with E-state index >= 15 is 0 Å². The number of furan rings is 1. The van der Waals surface area contributed by atoms with Gasteiger partial charge in [0.05, 0.1) is 23.8 Å². The van der Waals surface area contributed by atoms with E-state index in [1.165, 1.54) is 34.7 Å². The van der Waals surface area contributed by atoms with E-state index in [2.05, 4.69) is 15.5 Å². The molecule has 1 atom stereocenters. The number of rotatable bonds is 6. The molecule has 160 valence electrons. The van der Waals surface area contributed by atoms with Crippen LogP contribution in [-0.4, -0.2) is 43.8 Å². The summed E-state index contributed by atoms with van der Waals surface area (Å²) in [5.41, 5.74) is 2.73. The summed E-state index contributed by atoms with van der Waals surface area (Å²) in [6.07, 6.45) is 1.59. The maximum absolute atomic E-state index is 13.1.